The number of aromatic nitrogens is 2. The van der Waals surface area contributed by atoms with E-state index in [1.807, 2.05) is 13.8 Å². The molecule has 1 aromatic rings. The van der Waals surface area contributed by atoms with Crippen molar-refractivity contribution in [2.45, 2.75) is 39.7 Å². The topological polar surface area (TPSA) is 84.1 Å². The van der Waals surface area contributed by atoms with Gasteiger partial charge in [0.1, 0.15) is 6.04 Å². The van der Waals surface area contributed by atoms with Crippen molar-refractivity contribution >= 4 is 11.9 Å². The normalized spacial score (nSPS) is 10.9. The zero-order chi connectivity index (χ0) is 14.0. The number of rotatable bonds is 5. The fourth-order valence-electron chi connectivity index (χ4n) is 1.25. The number of ether oxygens (including phenoxy) is 1. The van der Waals surface area contributed by atoms with Crippen molar-refractivity contribution in [3.05, 3.63) is 18.2 Å². The van der Waals surface area contributed by atoms with Gasteiger partial charge in [-0.3, -0.25) is 4.79 Å². The van der Waals surface area contributed by atoms with Crippen molar-refractivity contribution in [3.8, 4) is 0 Å². The van der Waals surface area contributed by atoms with Crippen LogP contribution in [0.1, 0.15) is 32.9 Å². The van der Waals surface area contributed by atoms with Crippen LogP contribution in [0.2, 0.25) is 0 Å². The molecule has 1 unspecified atom stereocenters. The summed E-state index contributed by atoms with van der Waals surface area (Å²) in [5.74, 6) is -0.647. The molecule has 0 aliphatic carbocycles. The Morgan fingerprint density at radius 3 is 2.61 bits per heavy atom. The molecular formula is C12H21N3O3. The van der Waals surface area contributed by atoms with E-state index in [0.29, 0.717) is 12.8 Å². The maximum absolute atomic E-state index is 11.4. The first kappa shape index (κ1) is 16.1. The molecule has 1 amide bonds. The maximum atomic E-state index is 11.4. The Kier molecular flexibility index (Phi) is 8.26. The van der Waals surface area contributed by atoms with E-state index >= 15 is 0 Å². The van der Waals surface area contributed by atoms with Crippen LogP contribution < -0.4 is 5.32 Å². The third-order valence-corrected chi connectivity index (χ3v) is 2.12. The molecule has 1 aromatic heterocycles. The predicted octanol–water partition coefficient (Wildman–Crippen LogP) is 1.05. The van der Waals surface area contributed by atoms with E-state index in [2.05, 4.69) is 20.0 Å². The van der Waals surface area contributed by atoms with Gasteiger partial charge in [0.15, 0.2) is 0 Å². The van der Waals surface area contributed by atoms with Gasteiger partial charge in [0, 0.05) is 24.7 Å². The van der Waals surface area contributed by atoms with Crippen LogP contribution in [0, 0.1) is 0 Å². The number of amides is 1. The Bertz CT molecular complexity index is 349. The molecule has 1 heterocycles. The summed E-state index contributed by atoms with van der Waals surface area (Å²) >= 11 is 0. The number of methoxy groups -OCH3 is 1. The van der Waals surface area contributed by atoms with Gasteiger partial charge in [0.25, 0.3) is 0 Å². The number of carbonyl (C=O) groups is 2. The molecule has 0 aromatic carbocycles. The Labute approximate surface area is 107 Å². The summed E-state index contributed by atoms with van der Waals surface area (Å²) in [6.07, 6.45) is 3.80. The Morgan fingerprint density at radius 1 is 1.50 bits per heavy atom. The number of aromatic amines is 1. The van der Waals surface area contributed by atoms with E-state index in [1.165, 1.54) is 13.4 Å². The monoisotopic (exact) mass is 255 g/mol. The quantitative estimate of drug-likeness (QED) is 0.770. The van der Waals surface area contributed by atoms with Gasteiger partial charge < -0.3 is 15.0 Å². The second-order valence-electron chi connectivity index (χ2n) is 3.28. The first-order valence-corrected chi connectivity index (χ1v) is 6.01. The Hall–Kier alpha value is -1.85. The smallest absolute Gasteiger partial charge is 0.328 e. The van der Waals surface area contributed by atoms with Crippen LogP contribution in [0.4, 0.5) is 0 Å². The van der Waals surface area contributed by atoms with Crippen LogP contribution in [0.15, 0.2) is 12.5 Å². The van der Waals surface area contributed by atoms with Crippen molar-refractivity contribution in [1.29, 1.82) is 0 Å². The average Bonchev–Trinajstić information content (AvgIpc) is 2.92. The highest BCUT2D eigenvalue weighted by Gasteiger charge is 2.21. The van der Waals surface area contributed by atoms with E-state index in [9.17, 15) is 9.59 Å². The molecule has 6 nitrogen and oxygen atoms in total. The van der Waals surface area contributed by atoms with Gasteiger partial charge >= 0.3 is 5.97 Å². The van der Waals surface area contributed by atoms with Crippen molar-refractivity contribution < 1.29 is 14.3 Å². The molecule has 0 bridgehead atoms. The average molecular weight is 255 g/mol. The van der Waals surface area contributed by atoms with E-state index in [-0.39, 0.29) is 5.91 Å². The van der Waals surface area contributed by atoms with Crippen molar-refractivity contribution in [2.75, 3.05) is 7.11 Å². The SMILES string of the molecule is CC.CCC(=O)NC(Cc1cnc[nH]1)C(=O)OC. The summed E-state index contributed by atoms with van der Waals surface area (Å²) < 4.78 is 4.62. The minimum absolute atomic E-state index is 0.185. The van der Waals surface area contributed by atoms with Gasteiger partial charge in [0.05, 0.1) is 13.4 Å². The zero-order valence-corrected chi connectivity index (χ0v) is 11.3. The number of nitrogens with zero attached hydrogens (tertiary/aromatic N) is 1. The predicted molar refractivity (Wildman–Crippen MR) is 67.9 cm³/mol. The van der Waals surface area contributed by atoms with Crippen LogP contribution in [-0.4, -0.2) is 35.0 Å². The maximum Gasteiger partial charge on any atom is 0.328 e. The second-order valence-corrected chi connectivity index (χ2v) is 3.28. The summed E-state index contributed by atoms with van der Waals surface area (Å²) in [7, 11) is 1.29. The van der Waals surface area contributed by atoms with E-state index < -0.39 is 12.0 Å². The third-order valence-electron chi connectivity index (χ3n) is 2.12. The molecule has 0 aliphatic heterocycles. The van der Waals surface area contributed by atoms with Gasteiger partial charge in [-0.15, -0.1) is 0 Å². The Morgan fingerprint density at radius 2 is 2.17 bits per heavy atom. The third kappa shape index (κ3) is 5.47. The van der Waals surface area contributed by atoms with Gasteiger partial charge in [0.2, 0.25) is 5.91 Å². The molecule has 0 aliphatic rings. The minimum atomic E-state index is -0.669. The number of H-pyrrole nitrogens is 1. The van der Waals surface area contributed by atoms with Crippen LogP contribution in [0.3, 0.4) is 0 Å². The lowest BCUT2D eigenvalue weighted by atomic mass is 10.1. The number of carbonyl (C=O) groups excluding carboxylic acids is 2. The highest BCUT2D eigenvalue weighted by atomic mass is 16.5. The molecule has 1 atom stereocenters. The molecule has 0 saturated heterocycles. The van der Waals surface area contributed by atoms with Crippen molar-refractivity contribution in [1.82, 2.24) is 15.3 Å². The summed E-state index contributed by atoms with van der Waals surface area (Å²) in [5, 5.41) is 2.59. The lowest BCUT2D eigenvalue weighted by Gasteiger charge is -2.14. The number of hydrogen-bond acceptors (Lipinski definition) is 4. The molecular weight excluding hydrogens is 234 g/mol. The van der Waals surface area contributed by atoms with Gasteiger partial charge in [-0.1, -0.05) is 20.8 Å². The molecule has 18 heavy (non-hydrogen) atoms. The number of esters is 1. The lowest BCUT2D eigenvalue weighted by molar-refractivity contribution is -0.145. The van der Waals surface area contributed by atoms with E-state index in [1.54, 1.807) is 13.1 Å². The lowest BCUT2D eigenvalue weighted by Crippen LogP contribution is -2.42. The molecule has 102 valence electrons. The molecule has 1 rings (SSSR count). The molecule has 0 fully saturated rings. The highest BCUT2D eigenvalue weighted by molar-refractivity contribution is 5.84. The van der Waals surface area contributed by atoms with Gasteiger partial charge in [-0.25, -0.2) is 9.78 Å². The van der Waals surface area contributed by atoms with E-state index in [4.69, 9.17) is 0 Å². The van der Waals surface area contributed by atoms with Crippen molar-refractivity contribution in [2.24, 2.45) is 0 Å². The fraction of sp³-hybridized carbons (Fsp3) is 0.583. The van der Waals surface area contributed by atoms with E-state index in [0.717, 1.165) is 5.69 Å². The van der Waals surface area contributed by atoms with Crippen LogP contribution in [-0.2, 0) is 20.7 Å². The molecule has 0 spiro atoms. The Balaban J connectivity index is 0.00000137. The second kappa shape index (κ2) is 9.21. The van der Waals surface area contributed by atoms with Crippen LogP contribution in [0.5, 0.6) is 0 Å². The summed E-state index contributed by atoms with van der Waals surface area (Å²) in [6, 6.07) is -0.669. The molecule has 0 saturated carbocycles. The number of hydrogen-bond donors (Lipinski definition) is 2. The standard InChI is InChI=1S/C10H15N3O3.C2H6/c1-3-9(14)13-8(10(15)16-2)4-7-5-11-6-12-7;1-2/h5-6,8H,3-4H2,1-2H3,(H,11,12)(H,13,14);1-2H3. The zero-order valence-electron chi connectivity index (χ0n) is 11.3. The van der Waals surface area contributed by atoms with Gasteiger partial charge in [-0.2, -0.15) is 0 Å². The molecule has 0 radical (unpaired) electrons. The van der Waals surface area contributed by atoms with Crippen molar-refractivity contribution in [3.63, 3.8) is 0 Å². The molecule has 6 heteroatoms. The summed E-state index contributed by atoms with van der Waals surface area (Å²) in [4.78, 5) is 29.4. The highest BCUT2D eigenvalue weighted by Crippen LogP contribution is 2.00. The first-order valence-electron chi connectivity index (χ1n) is 6.01. The number of imidazole rings is 1. The van der Waals surface area contributed by atoms with Gasteiger partial charge in [-0.05, 0) is 0 Å². The van der Waals surface area contributed by atoms with Crippen LogP contribution >= 0.6 is 0 Å². The summed E-state index contributed by atoms with van der Waals surface area (Å²) in [6.45, 7) is 5.72. The molecule has 2 N–H and O–H groups in total. The number of nitrogens with one attached hydrogen (secondary N) is 2. The minimum Gasteiger partial charge on any atom is -0.467 e. The largest absolute Gasteiger partial charge is 0.467 e. The van der Waals surface area contributed by atoms with Crippen LogP contribution in [0.25, 0.3) is 0 Å². The summed E-state index contributed by atoms with van der Waals surface area (Å²) in [5.41, 5.74) is 0.770. The fourth-order valence-corrected chi connectivity index (χ4v) is 1.25. The first-order chi connectivity index (χ1) is 8.67.